The van der Waals surface area contributed by atoms with Crippen LogP contribution in [-0.4, -0.2) is 0 Å². The minimum absolute atomic E-state index is 0.346. The Morgan fingerprint density at radius 1 is 2.00 bits per heavy atom. The van der Waals surface area contributed by atoms with Gasteiger partial charge in [0.2, 0.25) is 0 Å². The quantitative estimate of drug-likeness (QED) is 0.495. The molecule has 2 nitrogen and oxygen atoms in total. The molecule has 0 unspecified atom stereocenters. The van der Waals surface area contributed by atoms with E-state index in [1.165, 1.54) is 0 Å². The van der Waals surface area contributed by atoms with Crippen molar-refractivity contribution in [2.75, 3.05) is 0 Å². The average Bonchev–Trinajstić information content (AvgIpc) is 1.37. The molecule has 0 radical (unpaired) electrons. The Balaban J connectivity index is 2.73. The molecule has 0 amide bonds. The van der Waals surface area contributed by atoms with E-state index in [0.717, 1.165) is 0 Å². The Hall–Kier alpha value is 0.484. The fraction of sp³-hybridized carbons (Fsp3) is 0. The predicted molar refractivity (Wildman–Crippen MR) is 12.1 cm³/mol. The second-order valence-electron chi connectivity index (χ2n) is 0.189. The van der Waals surface area contributed by atoms with Gasteiger partial charge in [0, 0.05) is 0 Å². The Bertz CT molecular complexity index is 27.0. The Kier molecular flexibility index (Phi) is 3.91. The van der Waals surface area contributed by atoms with Crippen LogP contribution in [0, 0.1) is 5.16 Å². The molecule has 0 atom stereocenters. The van der Waals surface area contributed by atoms with E-state index in [9.17, 15) is 0 Å². The van der Waals surface area contributed by atoms with Crippen LogP contribution < -0.4 is 0 Å². The number of hydrogen-bond acceptors (Lipinski definition) is 1. The zero-order chi connectivity index (χ0) is 3.41. The van der Waals surface area contributed by atoms with Crippen LogP contribution >= 0.6 is 8.52 Å². The molecule has 0 bridgehead atoms. The normalized spacial score (nSPS) is 6.75. The molecule has 4 heavy (non-hydrogen) atoms. The first-order valence-electron chi connectivity index (χ1n) is 0.624. The third kappa shape index (κ3) is 2.48. The van der Waals surface area contributed by atoms with Gasteiger partial charge in [0.05, 0.1) is 0 Å². The average molecular weight is 111 g/mol. The van der Waals surface area contributed by atoms with Crippen LogP contribution in [0.15, 0.2) is 3.56 Å². The Labute approximate surface area is 35.1 Å². The molecule has 0 aromatic heterocycles. The van der Waals surface area contributed by atoms with Gasteiger partial charge in [-0.15, -0.1) is 0 Å². The summed E-state index contributed by atoms with van der Waals surface area (Å²) in [4.78, 5) is 0. The number of nitrogens with zero attached hydrogens (tertiary/aromatic N) is 1. The molecule has 0 saturated carbocycles. The predicted octanol–water partition coefficient (Wildman–Crippen LogP) is 1.34. The van der Waals surface area contributed by atoms with Gasteiger partial charge in [0.15, 0.2) is 0 Å². The van der Waals surface area contributed by atoms with Crippen molar-refractivity contribution in [2.24, 2.45) is 3.56 Å². The maximum atomic E-state index is 6.24. The van der Waals surface area contributed by atoms with Crippen molar-refractivity contribution in [3.05, 3.63) is 0 Å². The SMILES string of the molecule is N=P[N]=[V]. The number of nitrogens with one attached hydrogen (secondary N) is 1. The van der Waals surface area contributed by atoms with E-state index in [-0.39, 0.29) is 0 Å². The molecule has 0 spiro atoms. The first-order chi connectivity index (χ1) is 1.91. The standard InChI is InChI=1S/HN2P.V/c1-3-2;/h1H;. The molecule has 0 aromatic rings. The molecule has 0 aliphatic carbocycles. The molecule has 0 heterocycles. The topological polar surface area (TPSA) is 36.2 Å². The van der Waals surface area contributed by atoms with E-state index in [0.29, 0.717) is 8.52 Å². The molecule has 0 rings (SSSR count). The summed E-state index contributed by atoms with van der Waals surface area (Å²) in [6, 6.07) is 0. The second-order valence-corrected chi connectivity index (χ2v) is 1.41. The second kappa shape index (κ2) is 3.48. The summed E-state index contributed by atoms with van der Waals surface area (Å²) in [5, 5.41) is 6.24. The molecule has 1 N–H and O–H groups in total. The number of rotatable bonds is 1. The van der Waals surface area contributed by atoms with Crippen molar-refractivity contribution < 1.29 is 17.2 Å². The first kappa shape index (κ1) is 4.48. The Morgan fingerprint density at radius 2 is 2.25 bits per heavy atom. The molecular weight excluding hydrogens is 110 g/mol. The summed E-state index contributed by atoms with van der Waals surface area (Å²) in [5.74, 6) is 0. The zero-order valence-corrected chi connectivity index (χ0v) is 4.13. The van der Waals surface area contributed by atoms with E-state index in [1.807, 2.05) is 17.2 Å². The summed E-state index contributed by atoms with van der Waals surface area (Å²) >= 11 is 1.96. The van der Waals surface area contributed by atoms with Crippen LogP contribution in [0.2, 0.25) is 0 Å². The van der Waals surface area contributed by atoms with Gasteiger partial charge in [-0.05, 0) is 0 Å². The fourth-order valence-corrected chi connectivity index (χ4v) is 0. The summed E-state index contributed by atoms with van der Waals surface area (Å²) < 4.78 is 3.31. The van der Waals surface area contributed by atoms with Crippen molar-refractivity contribution in [1.82, 2.24) is 0 Å². The molecule has 0 saturated heterocycles. The molecule has 0 aromatic carbocycles. The molecule has 21 valence electrons. The maximum absolute atomic E-state index is 6.24. The van der Waals surface area contributed by atoms with Crippen molar-refractivity contribution in [2.45, 2.75) is 0 Å². The van der Waals surface area contributed by atoms with E-state index in [4.69, 9.17) is 5.16 Å². The van der Waals surface area contributed by atoms with Crippen LogP contribution in [0.25, 0.3) is 0 Å². The van der Waals surface area contributed by atoms with Gasteiger partial charge in [0.25, 0.3) is 0 Å². The van der Waals surface area contributed by atoms with Gasteiger partial charge in [0.1, 0.15) is 0 Å². The first-order valence-corrected chi connectivity index (χ1v) is 2.10. The van der Waals surface area contributed by atoms with E-state index < -0.39 is 0 Å². The third-order valence-corrected chi connectivity index (χ3v) is 0.553. The van der Waals surface area contributed by atoms with Gasteiger partial charge >= 0.3 is 34.5 Å². The van der Waals surface area contributed by atoms with E-state index in [1.54, 1.807) is 0 Å². The van der Waals surface area contributed by atoms with Crippen LogP contribution in [0.1, 0.15) is 0 Å². The van der Waals surface area contributed by atoms with Crippen LogP contribution in [0.3, 0.4) is 0 Å². The summed E-state index contributed by atoms with van der Waals surface area (Å²) in [7, 11) is 0.346. The zero-order valence-electron chi connectivity index (χ0n) is 1.84. The Morgan fingerprint density at radius 3 is 2.25 bits per heavy atom. The fourth-order valence-electron chi connectivity index (χ4n) is 0. The van der Waals surface area contributed by atoms with Gasteiger partial charge in [-0.25, -0.2) is 0 Å². The number of hydrogen-bond donors (Lipinski definition) is 1. The van der Waals surface area contributed by atoms with Gasteiger partial charge < -0.3 is 0 Å². The minimum atomic E-state index is 0.346. The van der Waals surface area contributed by atoms with E-state index >= 15 is 0 Å². The van der Waals surface area contributed by atoms with Crippen LogP contribution in [-0.2, 0) is 17.2 Å². The van der Waals surface area contributed by atoms with Gasteiger partial charge in [-0.1, -0.05) is 0 Å². The summed E-state index contributed by atoms with van der Waals surface area (Å²) in [6.45, 7) is 0. The van der Waals surface area contributed by atoms with Gasteiger partial charge in [-0.3, -0.25) is 0 Å². The molecule has 0 fully saturated rings. The summed E-state index contributed by atoms with van der Waals surface area (Å²) in [5.41, 5.74) is 0. The monoisotopic (exact) mass is 111 g/mol. The third-order valence-electron chi connectivity index (χ3n) is 0.0447. The molecule has 0 aliphatic rings. The molecule has 0 aliphatic heterocycles. The van der Waals surface area contributed by atoms with Crippen LogP contribution in [0.5, 0.6) is 0 Å². The van der Waals surface area contributed by atoms with Crippen molar-refractivity contribution in [3.8, 4) is 0 Å². The van der Waals surface area contributed by atoms with Crippen molar-refractivity contribution in [1.29, 1.82) is 5.16 Å². The van der Waals surface area contributed by atoms with Crippen molar-refractivity contribution in [3.63, 3.8) is 0 Å². The van der Waals surface area contributed by atoms with Gasteiger partial charge in [-0.2, -0.15) is 0 Å². The van der Waals surface area contributed by atoms with E-state index in [2.05, 4.69) is 3.56 Å². The molecule has 4 heteroatoms. The van der Waals surface area contributed by atoms with Crippen molar-refractivity contribution >= 4 is 8.52 Å². The summed E-state index contributed by atoms with van der Waals surface area (Å²) in [6.07, 6.45) is 0. The van der Waals surface area contributed by atoms with Crippen LogP contribution in [0.4, 0.5) is 0 Å². The molecular formula is HN2PV.